The molecule has 2 unspecified atom stereocenters. The number of aromatic amines is 1. The summed E-state index contributed by atoms with van der Waals surface area (Å²) in [6.45, 7) is 14.7. The number of nitrogens with one attached hydrogen (secondary N) is 2. The third-order valence-corrected chi connectivity index (χ3v) is 10.1. The van der Waals surface area contributed by atoms with Crippen molar-refractivity contribution in [1.29, 1.82) is 0 Å². The molecule has 14 heteroatoms. The molecule has 0 aliphatic carbocycles. The maximum Gasteiger partial charge on any atom is 0.326 e. The minimum atomic E-state index is -1.04. The van der Waals surface area contributed by atoms with Gasteiger partial charge >= 0.3 is 5.69 Å². The molecule has 2 aromatic carbocycles. The van der Waals surface area contributed by atoms with Gasteiger partial charge in [-0.2, -0.15) is 0 Å². The topological polar surface area (TPSA) is 138 Å². The number of amides is 2. The Balaban J connectivity index is 1.67. The highest BCUT2D eigenvalue weighted by Gasteiger charge is 2.44. The lowest BCUT2D eigenvalue weighted by Gasteiger charge is -2.48. The molecule has 2 atom stereocenters. The van der Waals surface area contributed by atoms with Crippen LogP contribution in [-0.4, -0.2) is 66.0 Å². The molecule has 5 aromatic rings. The number of aryl methyl sites for hydroxylation is 2. The standard InChI is InChI=1S/C37H38F2N8O4/c1-9-24(48)45-14-23-35(49)43-30-32(46(23)13-19(45)7)20-12-21(38)26(25-18(6)10-11-22-33(25)44(8)37(51)42-22)27(39)31(20)47(36(30)50)34-28(16(2)3)40-15-41-29(34)17(4)5/h9-12,15-17,19,23H,1,13-14H2,2-8H3,(H,42,51)(H,43,49). The van der Waals surface area contributed by atoms with Gasteiger partial charge in [-0.25, -0.2) is 23.5 Å². The van der Waals surface area contributed by atoms with Crippen molar-refractivity contribution in [2.24, 2.45) is 7.05 Å². The SMILES string of the molecule is C=CC(=O)N1CC2C(=O)Nc3c(c4cc(F)c(-c5c(C)ccc6[nH]c(=O)n(C)c56)c(F)c4n(-c4c(C(C)C)ncnc4C(C)C)c3=O)N2CC1C. The van der Waals surface area contributed by atoms with Gasteiger partial charge in [0.25, 0.3) is 5.56 Å². The Morgan fingerprint density at radius 2 is 1.67 bits per heavy atom. The Morgan fingerprint density at radius 1 is 1.00 bits per heavy atom. The van der Waals surface area contributed by atoms with Crippen LogP contribution in [0.4, 0.5) is 20.2 Å². The van der Waals surface area contributed by atoms with Crippen molar-refractivity contribution in [1.82, 2.24) is 29.0 Å². The molecule has 2 aliphatic rings. The molecule has 1 saturated heterocycles. The second-order valence-electron chi connectivity index (χ2n) is 14.0. The van der Waals surface area contributed by atoms with E-state index in [1.54, 1.807) is 30.9 Å². The number of piperazine rings is 1. The summed E-state index contributed by atoms with van der Waals surface area (Å²) in [5.41, 5.74) is 0.616. The lowest BCUT2D eigenvalue weighted by molar-refractivity contribution is -0.130. The number of carbonyl (C=O) groups is 2. The first-order valence-electron chi connectivity index (χ1n) is 16.8. The van der Waals surface area contributed by atoms with Crippen LogP contribution < -0.4 is 21.5 Å². The molecule has 0 radical (unpaired) electrons. The number of aromatic nitrogens is 5. The number of halogens is 2. The molecule has 12 nitrogen and oxygen atoms in total. The normalized spacial score (nSPS) is 17.4. The molecular weight excluding hydrogens is 658 g/mol. The first kappa shape index (κ1) is 33.8. The third-order valence-electron chi connectivity index (χ3n) is 10.1. The number of carbonyl (C=O) groups excluding carboxylic acids is 2. The third kappa shape index (κ3) is 4.90. The molecule has 0 bridgehead atoms. The number of anilines is 2. The Hall–Kier alpha value is -5.66. The number of H-pyrrole nitrogens is 1. The molecular formula is C37H38F2N8O4. The molecule has 51 heavy (non-hydrogen) atoms. The molecule has 0 spiro atoms. The molecule has 3 aromatic heterocycles. The van der Waals surface area contributed by atoms with Gasteiger partial charge in [-0.1, -0.05) is 40.3 Å². The minimum Gasteiger partial charge on any atom is -0.354 e. The number of rotatable bonds is 5. The van der Waals surface area contributed by atoms with E-state index in [-0.39, 0.29) is 64.4 Å². The van der Waals surface area contributed by atoms with Crippen LogP contribution in [0.15, 0.2) is 46.8 Å². The van der Waals surface area contributed by atoms with Crippen LogP contribution in [0.3, 0.4) is 0 Å². The summed E-state index contributed by atoms with van der Waals surface area (Å²) in [6, 6.07) is 3.13. The average Bonchev–Trinajstić information content (AvgIpc) is 3.37. The zero-order chi connectivity index (χ0) is 36.8. The lowest BCUT2D eigenvalue weighted by Crippen LogP contribution is -2.64. The highest BCUT2D eigenvalue weighted by molar-refractivity contribution is 6.12. The number of imidazole rings is 1. The molecule has 5 heterocycles. The van der Waals surface area contributed by atoms with Gasteiger partial charge in [0.05, 0.1) is 51.4 Å². The predicted molar refractivity (Wildman–Crippen MR) is 192 cm³/mol. The summed E-state index contributed by atoms with van der Waals surface area (Å²) in [5, 5.41) is 2.78. The van der Waals surface area contributed by atoms with Crippen molar-refractivity contribution in [3.05, 3.63) is 86.6 Å². The zero-order valence-corrected chi connectivity index (χ0v) is 29.4. The summed E-state index contributed by atoms with van der Waals surface area (Å²) in [4.78, 5) is 69.1. The summed E-state index contributed by atoms with van der Waals surface area (Å²) in [7, 11) is 1.51. The molecule has 1 fully saturated rings. The quantitative estimate of drug-likeness (QED) is 0.247. The van der Waals surface area contributed by atoms with Crippen molar-refractivity contribution in [2.75, 3.05) is 23.3 Å². The van der Waals surface area contributed by atoms with E-state index >= 15 is 8.78 Å². The van der Waals surface area contributed by atoms with E-state index in [2.05, 4.69) is 26.8 Å². The zero-order valence-electron chi connectivity index (χ0n) is 29.4. The van der Waals surface area contributed by atoms with Crippen LogP contribution >= 0.6 is 0 Å². The van der Waals surface area contributed by atoms with E-state index in [9.17, 15) is 19.2 Å². The van der Waals surface area contributed by atoms with Crippen LogP contribution in [0.5, 0.6) is 0 Å². The number of nitrogens with zero attached hydrogens (tertiary/aromatic N) is 6. The van der Waals surface area contributed by atoms with E-state index in [1.807, 2.05) is 27.7 Å². The predicted octanol–water partition coefficient (Wildman–Crippen LogP) is 5.00. The van der Waals surface area contributed by atoms with Crippen molar-refractivity contribution in [3.63, 3.8) is 0 Å². The number of hydrogen-bond donors (Lipinski definition) is 2. The highest BCUT2D eigenvalue weighted by atomic mass is 19.1. The van der Waals surface area contributed by atoms with Gasteiger partial charge in [-0.05, 0) is 49.5 Å². The number of pyridine rings is 1. The average molecular weight is 697 g/mol. The Bertz CT molecular complexity index is 2440. The highest BCUT2D eigenvalue weighted by Crippen LogP contribution is 2.45. The van der Waals surface area contributed by atoms with Gasteiger partial charge in [-0.3, -0.25) is 23.5 Å². The van der Waals surface area contributed by atoms with E-state index in [1.165, 1.54) is 39.6 Å². The summed E-state index contributed by atoms with van der Waals surface area (Å²) >= 11 is 0. The van der Waals surface area contributed by atoms with Gasteiger partial charge in [0.15, 0.2) is 5.82 Å². The number of benzene rings is 2. The fraction of sp³-hybridized carbons (Fsp3) is 0.351. The van der Waals surface area contributed by atoms with Gasteiger partial charge in [0.2, 0.25) is 11.8 Å². The molecule has 2 N–H and O–H groups in total. The lowest BCUT2D eigenvalue weighted by atomic mass is 9.93. The smallest absolute Gasteiger partial charge is 0.326 e. The van der Waals surface area contributed by atoms with E-state index in [0.29, 0.717) is 28.0 Å². The van der Waals surface area contributed by atoms with Crippen molar-refractivity contribution in [3.8, 4) is 16.8 Å². The van der Waals surface area contributed by atoms with Crippen LogP contribution in [0.25, 0.3) is 38.8 Å². The van der Waals surface area contributed by atoms with Crippen LogP contribution in [0.1, 0.15) is 63.4 Å². The summed E-state index contributed by atoms with van der Waals surface area (Å²) < 4.78 is 37.3. The molecule has 2 aliphatic heterocycles. The Kier molecular flexibility index (Phi) is 7.95. The molecule has 0 saturated carbocycles. The van der Waals surface area contributed by atoms with Crippen LogP contribution in [-0.2, 0) is 16.6 Å². The van der Waals surface area contributed by atoms with Gasteiger partial charge in [0, 0.05) is 30.6 Å². The van der Waals surface area contributed by atoms with Gasteiger partial charge in [-0.15, -0.1) is 0 Å². The maximum absolute atomic E-state index is 17.9. The molecule has 7 rings (SSSR count). The van der Waals surface area contributed by atoms with E-state index < -0.39 is 46.4 Å². The first-order valence-corrected chi connectivity index (χ1v) is 16.8. The van der Waals surface area contributed by atoms with Crippen molar-refractivity contribution >= 4 is 45.1 Å². The summed E-state index contributed by atoms with van der Waals surface area (Å²) in [6.07, 6.45) is 2.57. The van der Waals surface area contributed by atoms with Gasteiger partial charge < -0.3 is 20.1 Å². The van der Waals surface area contributed by atoms with E-state index in [4.69, 9.17) is 0 Å². The van der Waals surface area contributed by atoms with Crippen LogP contribution in [0.2, 0.25) is 0 Å². The minimum absolute atomic E-state index is 0.0325. The van der Waals surface area contributed by atoms with Crippen molar-refractivity contribution in [2.45, 2.75) is 65.5 Å². The fourth-order valence-corrected chi connectivity index (χ4v) is 7.63. The second kappa shape index (κ2) is 12.0. The second-order valence-corrected chi connectivity index (χ2v) is 14.0. The largest absolute Gasteiger partial charge is 0.354 e. The Labute approximate surface area is 291 Å². The molecule has 264 valence electrons. The fourth-order valence-electron chi connectivity index (χ4n) is 7.63. The monoisotopic (exact) mass is 696 g/mol. The van der Waals surface area contributed by atoms with Crippen LogP contribution in [0, 0.1) is 18.6 Å². The Morgan fingerprint density at radius 3 is 2.29 bits per heavy atom. The van der Waals surface area contributed by atoms with Gasteiger partial charge in [0.1, 0.15) is 23.9 Å². The first-order chi connectivity index (χ1) is 24.2. The molecule has 2 amide bonds. The summed E-state index contributed by atoms with van der Waals surface area (Å²) in [5.74, 6) is -3.37. The van der Waals surface area contributed by atoms with Crippen molar-refractivity contribution < 1.29 is 18.4 Å². The maximum atomic E-state index is 17.9. The number of fused-ring (bicyclic) bond motifs is 6. The number of hydrogen-bond acceptors (Lipinski definition) is 7. The van der Waals surface area contributed by atoms with E-state index in [0.717, 1.165) is 0 Å².